The maximum atomic E-state index is 10.6. The summed E-state index contributed by atoms with van der Waals surface area (Å²) in [5.41, 5.74) is 2.16. The summed E-state index contributed by atoms with van der Waals surface area (Å²) in [6.45, 7) is 1.13. The van der Waals surface area contributed by atoms with Crippen molar-refractivity contribution in [2.75, 3.05) is 11.4 Å². The van der Waals surface area contributed by atoms with E-state index in [1.54, 1.807) is 6.08 Å². The van der Waals surface area contributed by atoms with E-state index < -0.39 is 5.97 Å². The summed E-state index contributed by atoms with van der Waals surface area (Å²) >= 11 is 3.66. The van der Waals surface area contributed by atoms with Crippen molar-refractivity contribution in [2.45, 2.75) is 38.1 Å². The van der Waals surface area contributed by atoms with Crippen molar-refractivity contribution < 1.29 is 9.90 Å². The van der Waals surface area contributed by atoms with Crippen LogP contribution in [0.1, 0.15) is 37.7 Å². The van der Waals surface area contributed by atoms with Crippen molar-refractivity contribution in [3.8, 4) is 0 Å². The van der Waals surface area contributed by atoms with Gasteiger partial charge in [0, 0.05) is 23.1 Å². The number of benzene rings is 1. The zero-order chi connectivity index (χ0) is 14.8. The number of hydrogen-bond acceptors (Lipinski definition) is 2. The molecule has 2 unspecified atom stereocenters. The van der Waals surface area contributed by atoms with Crippen LogP contribution in [-0.4, -0.2) is 23.7 Å². The number of carbonyl (C=O) groups is 1. The number of halogens is 1. The lowest BCUT2D eigenvalue weighted by atomic mass is 9.91. The van der Waals surface area contributed by atoms with Crippen LogP contribution in [0.5, 0.6) is 0 Å². The molecule has 2 fully saturated rings. The minimum Gasteiger partial charge on any atom is -0.478 e. The van der Waals surface area contributed by atoms with Crippen LogP contribution in [0.4, 0.5) is 5.69 Å². The fourth-order valence-electron chi connectivity index (χ4n) is 3.78. The molecule has 1 saturated carbocycles. The summed E-state index contributed by atoms with van der Waals surface area (Å²) in [6.07, 6.45) is 9.48. The largest absolute Gasteiger partial charge is 0.478 e. The standard InChI is InChI=1S/C17H20BrNO2/c18-14-11-12(7-9-17(20)21)6-8-16(14)19-10-2-4-13-3-1-5-15(13)19/h6-9,11,13,15H,1-5,10H2,(H,20,21)/b9-7+. The number of rotatable bonds is 3. The molecule has 1 aliphatic carbocycles. The Kier molecular flexibility index (Phi) is 4.34. The van der Waals surface area contributed by atoms with E-state index in [4.69, 9.17) is 5.11 Å². The van der Waals surface area contributed by atoms with Crippen molar-refractivity contribution in [2.24, 2.45) is 5.92 Å². The SMILES string of the molecule is O=C(O)/C=C/c1ccc(N2CCCC3CCCC32)c(Br)c1. The first-order valence-corrected chi connectivity index (χ1v) is 8.41. The molecule has 1 aromatic rings. The lowest BCUT2D eigenvalue weighted by Gasteiger charge is -2.40. The van der Waals surface area contributed by atoms with Crippen LogP contribution in [0.25, 0.3) is 6.08 Å². The van der Waals surface area contributed by atoms with Gasteiger partial charge in [-0.25, -0.2) is 4.79 Å². The minimum absolute atomic E-state index is 0.690. The number of aliphatic carboxylic acids is 1. The Labute approximate surface area is 133 Å². The molecular formula is C17H20BrNO2. The molecule has 4 heteroatoms. The van der Waals surface area contributed by atoms with Gasteiger partial charge in [-0.15, -0.1) is 0 Å². The minimum atomic E-state index is -0.917. The molecule has 112 valence electrons. The van der Waals surface area contributed by atoms with E-state index in [0.29, 0.717) is 6.04 Å². The maximum Gasteiger partial charge on any atom is 0.328 e. The number of hydrogen-bond donors (Lipinski definition) is 1. The summed E-state index contributed by atoms with van der Waals surface area (Å²) in [6, 6.07) is 6.81. The van der Waals surface area contributed by atoms with Crippen molar-refractivity contribution >= 4 is 33.7 Å². The van der Waals surface area contributed by atoms with Gasteiger partial charge < -0.3 is 10.0 Å². The zero-order valence-electron chi connectivity index (χ0n) is 12.0. The molecule has 1 saturated heterocycles. The highest BCUT2D eigenvalue weighted by Crippen LogP contribution is 2.41. The van der Waals surface area contributed by atoms with Gasteiger partial charge in [0.25, 0.3) is 0 Å². The highest BCUT2D eigenvalue weighted by Gasteiger charge is 2.35. The quantitative estimate of drug-likeness (QED) is 0.826. The van der Waals surface area contributed by atoms with Gasteiger partial charge in [-0.05, 0) is 71.3 Å². The van der Waals surface area contributed by atoms with E-state index in [-0.39, 0.29) is 0 Å². The first-order chi connectivity index (χ1) is 10.1. The van der Waals surface area contributed by atoms with Crippen molar-refractivity contribution in [1.29, 1.82) is 0 Å². The Balaban J connectivity index is 1.83. The molecule has 0 spiro atoms. The number of fused-ring (bicyclic) bond motifs is 1. The third-order valence-electron chi connectivity index (χ3n) is 4.69. The smallest absolute Gasteiger partial charge is 0.328 e. The summed E-state index contributed by atoms with van der Waals surface area (Å²) in [5, 5.41) is 8.70. The molecule has 21 heavy (non-hydrogen) atoms. The second-order valence-electron chi connectivity index (χ2n) is 5.98. The molecule has 3 rings (SSSR count). The molecule has 0 radical (unpaired) electrons. The number of nitrogens with zero attached hydrogens (tertiary/aromatic N) is 1. The van der Waals surface area contributed by atoms with E-state index in [0.717, 1.165) is 22.5 Å². The first-order valence-electron chi connectivity index (χ1n) is 7.62. The fourth-order valence-corrected chi connectivity index (χ4v) is 4.40. The van der Waals surface area contributed by atoms with Gasteiger partial charge in [-0.3, -0.25) is 0 Å². The monoisotopic (exact) mass is 349 g/mol. The van der Waals surface area contributed by atoms with Gasteiger partial charge in [0.2, 0.25) is 0 Å². The average Bonchev–Trinajstić information content (AvgIpc) is 2.94. The normalized spacial score (nSPS) is 25.3. The number of anilines is 1. The molecule has 0 amide bonds. The number of carboxylic acid groups (broad SMARTS) is 1. The van der Waals surface area contributed by atoms with Crippen LogP contribution in [0, 0.1) is 5.92 Å². The molecule has 0 aromatic heterocycles. The molecule has 3 nitrogen and oxygen atoms in total. The third kappa shape index (κ3) is 3.15. The van der Waals surface area contributed by atoms with E-state index in [2.05, 4.69) is 26.9 Å². The number of carboxylic acids is 1. The molecule has 1 N–H and O–H groups in total. The van der Waals surface area contributed by atoms with Gasteiger partial charge in [0.15, 0.2) is 0 Å². The molecule has 1 heterocycles. The van der Waals surface area contributed by atoms with Crippen LogP contribution in [0.2, 0.25) is 0 Å². The summed E-state index contributed by atoms with van der Waals surface area (Å²) < 4.78 is 1.06. The second kappa shape index (κ2) is 6.22. The van der Waals surface area contributed by atoms with Gasteiger partial charge in [0.1, 0.15) is 0 Å². The first kappa shape index (κ1) is 14.6. The Morgan fingerprint density at radius 1 is 1.29 bits per heavy atom. The van der Waals surface area contributed by atoms with Crippen LogP contribution < -0.4 is 4.90 Å². The van der Waals surface area contributed by atoms with Gasteiger partial charge in [-0.1, -0.05) is 12.5 Å². The fraction of sp³-hybridized carbons (Fsp3) is 0.471. The molecule has 2 aliphatic rings. The molecule has 1 aliphatic heterocycles. The third-order valence-corrected chi connectivity index (χ3v) is 5.33. The highest BCUT2D eigenvalue weighted by molar-refractivity contribution is 9.10. The highest BCUT2D eigenvalue weighted by atomic mass is 79.9. The average molecular weight is 350 g/mol. The predicted octanol–water partition coefficient (Wildman–Crippen LogP) is 4.32. The van der Waals surface area contributed by atoms with Crippen LogP contribution in [0.3, 0.4) is 0 Å². The lowest BCUT2D eigenvalue weighted by Crippen LogP contribution is -2.42. The van der Waals surface area contributed by atoms with Crippen LogP contribution >= 0.6 is 15.9 Å². The van der Waals surface area contributed by atoms with Crippen LogP contribution in [-0.2, 0) is 4.79 Å². The Morgan fingerprint density at radius 2 is 2.10 bits per heavy atom. The Morgan fingerprint density at radius 3 is 2.86 bits per heavy atom. The second-order valence-corrected chi connectivity index (χ2v) is 6.83. The lowest BCUT2D eigenvalue weighted by molar-refractivity contribution is -0.131. The van der Waals surface area contributed by atoms with E-state index in [1.165, 1.54) is 43.9 Å². The topological polar surface area (TPSA) is 40.5 Å². The van der Waals surface area contributed by atoms with E-state index >= 15 is 0 Å². The van der Waals surface area contributed by atoms with E-state index in [1.807, 2.05) is 12.1 Å². The van der Waals surface area contributed by atoms with Crippen molar-refractivity contribution in [3.05, 3.63) is 34.3 Å². The van der Waals surface area contributed by atoms with Gasteiger partial charge in [-0.2, -0.15) is 0 Å². The number of piperidine rings is 1. The molecular weight excluding hydrogens is 330 g/mol. The summed E-state index contributed by atoms with van der Waals surface area (Å²) in [5.74, 6) is -0.0581. The molecule has 2 atom stereocenters. The molecule has 0 bridgehead atoms. The molecule has 1 aromatic carbocycles. The predicted molar refractivity (Wildman–Crippen MR) is 88.5 cm³/mol. The van der Waals surface area contributed by atoms with Gasteiger partial charge >= 0.3 is 5.97 Å². The summed E-state index contributed by atoms with van der Waals surface area (Å²) in [7, 11) is 0. The van der Waals surface area contributed by atoms with Crippen LogP contribution in [0.15, 0.2) is 28.7 Å². The van der Waals surface area contributed by atoms with Crippen molar-refractivity contribution in [3.63, 3.8) is 0 Å². The van der Waals surface area contributed by atoms with Crippen molar-refractivity contribution in [1.82, 2.24) is 0 Å². The maximum absolute atomic E-state index is 10.6. The van der Waals surface area contributed by atoms with E-state index in [9.17, 15) is 4.79 Å². The Bertz CT molecular complexity index is 570. The zero-order valence-corrected chi connectivity index (χ0v) is 13.6. The van der Waals surface area contributed by atoms with Gasteiger partial charge in [0.05, 0.1) is 5.69 Å². The summed E-state index contributed by atoms with van der Waals surface area (Å²) in [4.78, 5) is 13.1. The Hall–Kier alpha value is -1.29.